The second kappa shape index (κ2) is 2.48. The monoisotopic (exact) mass is 161 g/mol. The van der Waals surface area contributed by atoms with Gasteiger partial charge in [0, 0.05) is 17.3 Å². The summed E-state index contributed by atoms with van der Waals surface area (Å²) in [6.07, 6.45) is 3.60. The Bertz CT molecular complexity index is 450. The fourth-order valence-electron chi connectivity index (χ4n) is 1.15. The number of aryl methyl sites for hydroxylation is 1. The maximum absolute atomic E-state index is 10.9. The maximum atomic E-state index is 10.9. The standard InChI is InChI=1S/C8H7N3O/c1-5-6-2-3-7(12)11-8(6)10-4-9-5/h2,4H,3H2,1H3. The zero-order chi connectivity index (χ0) is 8.55. The van der Waals surface area contributed by atoms with Crippen molar-refractivity contribution in [1.82, 2.24) is 9.97 Å². The van der Waals surface area contributed by atoms with Crippen molar-refractivity contribution in [3.05, 3.63) is 22.7 Å². The van der Waals surface area contributed by atoms with Gasteiger partial charge in [-0.3, -0.25) is 4.79 Å². The van der Waals surface area contributed by atoms with Gasteiger partial charge in [-0.25, -0.2) is 9.97 Å². The van der Waals surface area contributed by atoms with Gasteiger partial charge in [0.15, 0.2) is 5.49 Å². The van der Waals surface area contributed by atoms with Crippen LogP contribution in [0.15, 0.2) is 11.3 Å². The quantitative estimate of drug-likeness (QED) is 0.496. The van der Waals surface area contributed by atoms with E-state index in [4.69, 9.17) is 0 Å². The summed E-state index contributed by atoms with van der Waals surface area (Å²) in [4.78, 5) is 22.6. The van der Waals surface area contributed by atoms with Crippen LogP contribution in [0.5, 0.6) is 0 Å². The molecule has 0 aromatic carbocycles. The van der Waals surface area contributed by atoms with Crippen molar-refractivity contribution in [1.29, 1.82) is 0 Å². The highest BCUT2D eigenvalue weighted by molar-refractivity contribution is 5.82. The summed E-state index contributed by atoms with van der Waals surface area (Å²) in [6, 6.07) is 0. The molecule has 0 saturated carbocycles. The number of rotatable bonds is 0. The predicted octanol–water partition coefficient (Wildman–Crippen LogP) is -0.885. The SMILES string of the molecule is Cc1ncnc2c1=CCC(=O)N=2. The van der Waals surface area contributed by atoms with Crippen LogP contribution < -0.4 is 10.7 Å². The molecule has 0 spiro atoms. The Labute approximate surface area is 68.7 Å². The van der Waals surface area contributed by atoms with E-state index in [0.717, 1.165) is 10.9 Å². The molecule has 0 aliphatic carbocycles. The van der Waals surface area contributed by atoms with Gasteiger partial charge in [0.25, 0.3) is 5.91 Å². The van der Waals surface area contributed by atoms with Crippen LogP contribution in [-0.4, -0.2) is 15.9 Å². The molecule has 1 aliphatic rings. The number of aromatic nitrogens is 2. The van der Waals surface area contributed by atoms with Crippen molar-refractivity contribution in [2.24, 2.45) is 4.99 Å². The number of carbonyl (C=O) groups is 1. The molecule has 0 atom stereocenters. The average Bonchev–Trinajstić information content (AvgIpc) is 2.04. The van der Waals surface area contributed by atoms with Crippen molar-refractivity contribution in [2.45, 2.75) is 13.3 Å². The van der Waals surface area contributed by atoms with Crippen LogP contribution in [0.25, 0.3) is 6.08 Å². The Morgan fingerprint density at radius 2 is 2.25 bits per heavy atom. The molecule has 1 aromatic rings. The zero-order valence-corrected chi connectivity index (χ0v) is 6.61. The highest BCUT2D eigenvalue weighted by Gasteiger charge is 2.04. The van der Waals surface area contributed by atoms with Gasteiger partial charge in [-0.05, 0) is 6.92 Å². The smallest absolute Gasteiger partial charge is 0.251 e. The number of amides is 1. The van der Waals surface area contributed by atoms with Crippen molar-refractivity contribution in [3.63, 3.8) is 0 Å². The van der Waals surface area contributed by atoms with Gasteiger partial charge in [0.1, 0.15) is 6.33 Å². The Balaban J connectivity index is 2.87. The fraction of sp³-hybridized carbons (Fsp3) is 0.250. The van der Waals surface area contributed by atoms with Crippen LogP contribution in [0.1, 0.15) is 12.1 Å². The normalized spacial score (nSPS) is 14.6. The van der Waals surface area contributed by atoms with Gasteiger partial charge >= 0.3 is 0 Å². The van der Waals surface area contributed by atoms with E-state index in [2.05, 4.69) is 15.0 Å². The lowest BCUT2D eigenvalue weighted by atomic mass is 10.2. The van der Waals surface area contributed by atoms with Gasteiger partial charge in [-0.2, -0.15) is 4.99 Å². The van der Waals surface area contributed by atoms with Crippen molar-refractivity contribution < 1.29 is 4.79 Å². The van der Waals surface area contributed by atoms with Gasteiger partial charge in [-0.15, -0.1) is 0 Å². The van der Waals surface area contributed by atoms with E-state index >= 15 is 0 Å². The molecule has 0 unspecified atom stereocenters. The summed E-state index contributed by atoms with van der Waals surface area (Å²) in [5.41, 5.74) is 1.37. The minimum absolute atomic E-state index is 0.138. The first-order valence-corrected chi connectivity index (χ1v) is 3.67. The summed E-state index contributed by atoms with van der Waals surface area (Å²) in [7, 11) is 0. The minimum atomic E-state index is -0.138. The molecule has 1 aliphatic heterocycles. The third-order valence-corrected chi connectivity index (χ3v) is 1.77. The lowest BCUT2D eigenvalue weighted by molar-refractivity contribution is -0.117. The number of nitrogens with zero attached hydrogens (tertiary/aromatic N) is 3. The first-order chi connectivity index (χ1) is 5.77. The van der Waals surface area contributed by atoms with Crippen LogP contribution in [0.4, 0.5) is 0 Å². The molecule has 0 bridgehead atoms. The molecule has 4 heteroatoms. The van der Waals surface area contributed by atoms with E-state index in [0.29, 0.717) is 11.9 Å². The van der Waals surface area contributed by atoms with Crippen molar-refractivity contribution >= 4 is 12.0 Å². The first-order valence-electron chi connectivity index (χ1n) is 3.67. The van der Waals surface area contributed by atoms with Crippen LogP contribution in [0, 0.1) is 6.92 Å². The van der Waals surface area contributed by atoms with Gasteiger partial charge in [0.2, 0.25) is 0 Å². The summed E-state index contributed by atoms with van der Waals surface area (Å²) < 4.78 is 0. The Morgan fingerprint density at radius 3 is 3.08 bits per heavy atom. The Hall–Kier alpha value is -1.58. The molecular weight excluding hydrogens is 154 g/mol. The van der Waals surface area contributed by atoms with Crippen LogP contribution >= 0.6 is 0 Å². The van der Waals surface area contributed by atoms with Crippen molar-refractivity contribution in [2.75, 3.05) is 0 Å². The zero-order valence-electron chi connectivity index (χ0n) is 6.61. The summed E-state index contributed by atoms with van der Waals surface area (Å²) in [6.45, 7) is 1.88. The second-order valence-electron chi connectivity index (χ2n) is 2.61. The molecular formula is C8H7N3O. The lowest BCUT2D eigenvalue weighted by Crippen LogP contribution is -2.35. The molecule has 2 heterocycles. The summed E-state index contributed by atoms with van der Waals surface area (Å²) in [5.74, 6) is -0.138. The largest absolute Gasteiger partial charge is 0.272 e. The predicted molar refractivity (Wildman–Crippen MR) is 41.6 cm³/mol. The van der Waals surface area contributed by atoms with Gasteiger partial charge in [0.05, 0.1) is 0 Å². The number of fused-ring (bicyclic) bond motifs is 1. The highest BCUT2D eigenvalue weighted by atomic mass is 16.1. The Morgan fingerprint density at radius 1 is 1.42 bits per heavy atom. The fourth-order valence-corrected chi connectivity index (χ4v) is 1.15. The molecule has 4 nitrogen and oxygen atoms in total. The van der Waals surface area contributed by atoms with E-state index in [1.165, 1.54) is 6.33 Å². The molecule has 1 aromatic heterocycles. The molecule has 2 rings (SSSR count). The van der Waals surface area contributed by atoms with E-state index in [1.807, 2.05) is 13.0 Å². The van der Waals surface area contributed by atoms with Gasteiger partial charge in [-0.1, -0.05) is 6.08 Å². The van der Waals surface area contributed by atoms with E-state index in [1.54, 1.807) is 0 Å². The third kappa shape index (κ3) is 1.01. The highest BCUT2D eigenvalue weighted by Crippen LogP contribution is 1.89. The lowest BCUT2D eigenvalue weighted by Gasteiger charge is -1.98. The number of hydrogen-bond acceptors (Lipinski definition) is 3. The number of carbonyl (C=O) groups excluding carboxylic acids is 1. The molecule has 0 radical (unpaired) electrons. The van der Waals surface area contributed by atoms with Crippen LogP contribution in [0.3, 0.4) is 0 Å². The van der Waals surface area contributed by atoms with E-state index < -0.39 is 0 Å². The van der Waals surface area contributed by atoms with E-state index in [9.17, 15) is 4.79 Å². The van der Waals surface area contributed by atoms with Crippen molar-refractivity contribution in [3.8, 4) is 0 Å². The Kier molecular flexibility index (Phi) is 1.46. The molecule has 0 N–H and O–H groups in total. The summed E-state index contributed by atoms with van der Waals surface area (Å²) >= 11 is 0. The third-order valence-electron chi connectivity index (χ3n) is 1.77. The first kappa shape index (κ1) is 7.09. The minimum Gasteiger partial charge on any atom is -0.272 e. The number of hydrogen-bond donors (Lipinski definition) is 0. The maximum Gasteiger partial charge on any atom is 0.251 e. The van der Waals surface area contributed by atoms with E-state index in [-0.39, 0.29) is 5.91 Å². The molecule has 0 fully saturated rings. The molecule has 1 amide bonds. The average molecular weight is 161 g/mol. The van der Waals surface area contributed by atoms with Gasteiger partial charge < -0.3 is 0 Å². The second-order valence-corrected chi connectivity index (χ2v) is 2.61. The van der Waals surface area contributed by atoms with Crippen LogP contribution in [0.2, 0.25) is 0 Å². The molecule has 0 saturated heterocycles. The topological polar surface area (TPSA) is 55.2 Å². The molecule has 60 valence electrons. The van der Waals surface area contributed by atoms with Crippen LogP contribution in [-0.2, 0) is 4.79 Å². The summed E-state index contributed by atoms with van der Waals surface area (Å²) in [5, 5.41) is 0.886. The molecule has 12 heavy (non-hydrogen) atoms.